The zero-order valence-corrected chi connectivity index (χ0v) is 10.8. The molecule has 100 valence electrons. The molecule has 0 fully saturated rings. The fourth-order valence-electron chi connectivity index (χ4n) is 1.30. The van der Waals surface area contributed by atoms with Gasteiger partial charge >= 0.3 is 41.5 Å². The molecule has 5 heteroatoms. The van der Waals surface area contributed by atoms with E-state index in [9.17, 15) is 9.59 Å². The van der Waals surface area contributed by atoms with Gasteiger partial charge in [-0.05, 0) is 37.1 Å². The van der Waals surface area contributed by atoms with Crippen LogP contribution in [0.3, 0.4) is 0 Å². The maximum absolute atomic E-state index is 11.5. The molecule has 0 amide bonds. The molecule has 0 spiro atoms. The van der Waals surface area contributed by atoms with Crippen molar-refractivity contribution in [1.29, 1.82) is 0 Å². The Morgan fingerprint density at radius 3 is 1.42 bits per heavy atom. The van der Waals surface area contributed by atoms with Gasteiger partial charge in [-0.25, -0.2) is 9.59 Å². The third kappa shape index (κ3) is 6.23. The Kier molecular flexibility index (Phi) is 9.57. The molecule has 0 atom stereocenters. The molecule has 0 unspecified atom stereocenters. The number of hydrogen-bond donors (Lipinski definition) is 0. The second kappa shape index (κ2) is 10.0. The fourth-order valence-corrected chi connectivity index (χ4v) is 1.30. The number of esters is 2. The van der Waals surface area contributed by atoms with E-state index in [2.05, 4.69) is 0 Å². The summed E-state index contributed by atoms with van der Waals surface area (Å²) in [5.74, 6) is -0.740. The van der Waals surface area contributed by atoms with Crippen molar-refractivity contribution >= 4 is 41.5 Å². The molecule has 0 bridgehead atoms. The van der Waals surface area contributed by atoms with Gasteiger partial charge in [-0.2, -0.15) is 0 Å². The number of rotatable bonds is 6. The van der Waals surface area contributed by atoms with Crippen LogP contribution >= 0.6 is 0 Å². The van der Waals surface area contributed by atoms with E-state index in [0.717, 1.165) is 12.8 Å². The summed E-state index contributed by atoms with van der Waals surface area (Å²) >= 11 is 0. The molecule has 0 saturated carbocycles. The molecule has 1 aromatic rings. The van der Waals surface area contributed by atoms with Gasteiger partial charge in [0.15, 0.2) is 0 Å². The van der Waals surface area contributed by atoms with E-state index in [1.807, 2.05) is 13.8 Å². The molecule has 19 heavy (non-hydrogen) atoms. The number of benzene rings is 1. The van der Waals surface area contributed by atoms with E-state index in [1.54, 1.807) is 24.3 Å². The Hall–Kier alpha value is -0.840. The zero-order valence-electron chi connectivity index (χ0n) is 10.8. The second-order valence-corrected chi connectivity index (χ2v) is 3.85. The van der Waals surface area contributed by atoms with Crippen LogP contribution in [0.2, 0.25) is 0 Å². The number of carbonyl (C=O) groups is 2. The van der Waals surface area contributed by atoms with Gasteiger partial charge in [-0.1, -0.05) is 13.8 Å². The molecule has 0 saturated heterocycles. The standard InChI is InChI=1S/C14H18O4.Na.H/c1-3-9-17-13(15)11-5-7-12(8-6-11)14(16)18-10-4-2;;/h5-8H,3-4,9-10H2,1-2H3;;. The van der Waals surface area contributed by atoms with Crippen molar-refractivity contribution in [3.05, 3.63) is 35.4 Å². The predicted octanol–water partition coefficient (Wildman–Crippen LogP) is 2.17. The van der Waals surface area contributed by atoms with Crippen molar-refractivity contribution in [1.82, 2.24) is 0 Å². The van der Waals surface area contributed by atoms with Gasteiger partial charge in [0.2, 0.25) is 0 Å². The van der Waals surface area contributed by atoms with E-state index in [1.165, 1.54) is 0 Å². The summed E-state index contributed by atoms with van der Waals surface area (Å²) in [5.41, 5.74) is 0.881. The van der Waals surface area contributed by atoms with Gasteiger partial charge < -0.3 is 9.47 Å². The maximum atomic E-state index is 11.5. The molecule has 1 rings (SSSR count). The van der Waals surface area contributed by atoms with Crippen molar-refractivity contribution in [2.75, 3.05) is 13.2 Å². The average molecular weight is 274 g/mol. The minimum absolute atomic E-state index is 0. The molecule has 0 aliphatic heterocycles. The molecule has 0 N–H and O–H groups in total. The molecule has 4 nitrogen and oxygen atoms in total. The monoisotopic (exact) mass is 274 g/mol. The first-order chi connectivity index (χ1) is 8.69. The normalized spacial score (nSPS) is 9.37. The van der Waals surface area contributed by atoms with Gasteiger partial charge in [0.25, 0.3) is 0 Å². The summed E-state index contributed by atoms with van der Waals surface area (Å²) in [6, 6.07) is 6.28. The van der Waals surface area contributed by atoms with Crippen LogP contribution in [0, 0.1) is 0 Å². The van der Waals surface area contributed by atoms with E-state index in [0.29, 0.717) is 24.3 Å². The van der Waals surface area contributed by atoms with Crippen LogP contribution in [-0.4, -0.2) is 54.7 Å². The van der Waals surface area contributed by atoms with Crippen LogP contribution < -0.4 is 0 Å². The van der Waals surface area contributed by atoms with E-state index in [-0.39, 0.29) is 41.5 Å². The molecule has 0 radical (unpaired) electrons. The molecule has 0 heterocycles. The summed E-state index contributed by atoms with van der Waals surface area (Å²) in [6.45, 7) is 4.67. The van der Waals surface area contributed by atoms with Gasteiger partial charge in [-0.15, -0.1) is 0 Å². The number of carbonyl (C=O) groups excluding carboxylic acids is 2. The predicted molar refractivity (Wildman–Crippen MR) is 74.7 cm³/mol. The first kappa shape index (κ1) is 18.2. The van der Waals surface area contributed by atoms with E-state index < -0.39 is 0 Å². The first-order valence-corrected chi connectivity index (χ1v) is 6.13. The van der Waals surface area contributed by atoms with Crippen LogP contribution in [0.1, 0.15) is 47.4 Å². The number of ether oxygens (including phenoxy) is 2. The van der Waals surface area contributed by atoms with Crippen LogP contribution in [0.5, 0.6) is 0 Å². The molecule has 0 aliphatic rings. The fraction of sp³-hybridized carbons (Fsp3) is 0.429. The number of hydrogen-bond acceptors (Lipinski definition) is 4. The van der Waals surface area contributed by atoms with Gasteiger partial charge in [0.1, 0.15) is 0 Å². The van der Waals surface area contributed by atoms with E-state index >= 15 is 0 Å². The van der Waals surface area contributed by atoms with Crippen molar-refractivity contribution < 1.29 is 19.1 Å². The Labute approximate surface area is 135 Å². The second-order valence-electron chi connectivity index (χ2n) is 3.85. The summed E-state index contributed by atoms with van der Waals surface area (Å²) < 4.78 is 9.97. The molecular formula is C14H19NaO4. The summed E-state index contributed by atoms with van der Waals surface area (Å²) in [7, 11) is 0. The Bertz CT molecular complexity index is 361. The molecule has 0 aliphatic carbocycles. The van der Waals surface area contributed by atoms with Crippen molar-refractivity contribution in [2.45, 2.75) is 26.7 Å². The van der Waals surface area contributed by atoms with Crippen LogP contribution in [0.4, 0.5) is 0 Å². The van der Waals surface area contributed by atoms with Crippen LogP contribution in [0.15, 0.2) is 24.3 Å². The Morgan fingerprint density at radius 1 is 0.842 bits per heavy atom. The average Bonchev–Trinajstić information content (AvgIpc) is 2.42. The molecular weight excluding hydrogens is 255 g/mol. The van der Waals surface area contributed by atoms with Crippen LogP contribution in [0.25, 0.3) is 0 Å². The minimum atomic E-state index is -0.370. The van der Waals surface area contributed by atoms with Gasteiger partial charge in [-0.3, -0.25) is 0 Å². The molecule has 1 aromatic carbocycles. The van der Waals surface area contributed by atoms with Crippen molar-refractivity contribution in [2.24, 2.45) is 0 Å². The third-order valence-corrected chi connectivity index (χ3v) is 2.23. The summed E-state index contributed by atoms with van der Waals surface area (Å²) in [6.07, 6.45) is 1.57. The first-order valence-electron chi connectivity index (χ1n) is 6.13. The SMILES string of the molecule is CCCOC(=O)c1ccc(C(=O)OCCC)cc1.[NaH]. The topological polar surface area (TPSA) is 52.6 Å². The van der Waals surface area contributed by atoms with Gasteiger partial charge in [0, 0.05) is 0 Å². The molecule has 0 aromatic heterocycles. The van der Waals surface area contributed by atoms with Gasteiger partial charge in [0.05, 0.1) is 24.3 Å². The Morgan fingerprint density at radius 2 is 1.16 bits per heavy atom. The van der Waals surface area contributed by atoms with Crippen molar-refractivity contribution in [3.8, 4) is 0 Å². The van der Waals surface area contributed by atoms with E-state index in [4.69, 9.17) is 9.47 Å². The van der Waals surface area contributed by atoms with Crippen molar-refractivity contribution in [3.63, 3.8) is 0 Å². The third-order valence-electron chi connectivity index (χ3n) is 2.23. The summed E-state index contributed by atoms with van der Waals surface area (Å²) in [4.78, 5) is 23.0. The Balaban J connectivity index is 0.00000324. The summed E-state index contributed by atoms with van der Waals surface area (Å²) in [5, 5.41) is 0. The van der Waals surface area contributed by atoms with Crippen LogP contribution in [-0.2, 0) is 9.47 Å². The zero-order chi connectivity index (χ0) is 13.4. The quantitative estimate of drug-likeness (QED) is 0.589.